The van der Waals surface area contributed by atoms with Crippen molar-refractivity contribution in [2.45, 2.75) is 70.3 Å². The van der Waals surface area contributed by atoms with Gasteiger partial charge in [-0.05, 0) is 68.2 Å². The first-order chi connectivity index (χ1) is 17.9. The molecule has 8 nitrogen and oxygen atoms in total. The second kappa shape index (κ2) is 21.2. The number of hydroxylamine groups is 1. The molecule has 5 N–H and O–H groups in total. The molecule has 1 atom stereocenters. The fourth-order valence-corrected chi connectivity index (χ4v) is 4.07. The van der Waals surface area contributed by atoms with E-state index in [2.05, 4.69) is 35.8 Å². The van der Waals surface area contributed by atoms with Crippen molar-refractivity contribution in [3.05, 3.63) is 71.3 Å². The maximum Gasteiger partial charge on any atom is 0.332 e. The van der Waals surface area contributed by atoms with Gasteiger partial charge in [-0.1, -0.05) is 61.0 Å². The van der Waals surface area contributed by atoms with Crippen molar-refractivity contribution in [3.63, 3.8) is 0 Å². The van der Waals surface area contributed by atoms with Gasteiger partial charge >= 0.3 is 5.97 Å². The minimum Gasteiger partial charge on any atom is -0.344 e. The van der Waals surface area contributed by atoms with Gasteiger partial charge in [-0.25, -0.2) is 4.79 Å². The molecular weight excluding hydrogens is 539 g/mol. The fraction of sp³-hybridized carbons (Fsp3) is 0.483. The number of halogens is 2. The van der Waals surface area contributed by atoms with Gasteiger partial charge in [-0.3, -0.25) is 9.59 Å². The van der Waals surface area contributed by atoms with Crippen LogP contribution in [0.25, 0.3) is 0 Å². The third-order valence-electron chi connectivity index (χ3n) is 6.20. The lowest BCUT2D eigenvalue weighted by Crippen LogP contribution is -2.42. The zero-order chi connectivity index (χ0) is 26.9. The van der Waals surface area contributed by atoms with Crippen LogP contribution < -0.4 is 16.9 Å². The summed E-state index contributed by atoms with van der Waals surface area (Å²) >= 11 is 0. The van der Waals surface area contributed by atoms with Crippen molar-refractivity contribution in [3.8, 4) is 0 Å². The lowest BCUT2D eigenvalue weighted by Gasteiger charge is -2.21. The molecular formula is C29H44Cl2N4O4. The summed E-state index contributed by atoms with van der Waals surface area (Å²) in [5.41, 5.74) is 17.0. The molecule has 0 unspecified atom stereocenters. The Hall–Kier alpha value is -2.65. The molecule has 0 saturated heterocycles. The number of hydrogen-bond acceptors (Lipinski definition) is 6. The number of carbonyl (C=O) groups excluding carboxylic acids is 3. The van der Waals surface area contributed by atoms with E-state index in [4.69, 9.17) is 16.3 Å². The Morgan fingerprint density at radius 3 is 2.21 bits per heavy atom. The zero-order valence-electron chi connectivity index (χ0n) is 22.8. The minimum absolute atomic E-state index is 0. The summed E-state index contributed by atoms with van der Waals surface area (Å²) in [6, 6.07) is 17.8. The molecule has 0 aliphatic rings. The summed E-state index contributed by atoms with van der Waals surface area (Å²) in [5, 5.41) is 0. The molecule has 0 aliphatic carbocycles. The molecule has 218 valence electrons. The Kier molecular flexibility index (Phi) is 19.8. The van der Waals surface area contributed by atoms with Crippen LogP contribution in [0.2, 0.25) is 0 Å². The van der Waals surface area contributed by atoms with Crippen LogP contribution >= 0.6 is 24.8 Å². The lowest BCUT2D eigenvalue weighted by atomic mass is 10.0. The Bertz CT molecular complexity index is 979. The van der Waals surface area contributed by atoms with Gasteiger partial charge in [0.1, 0.15) is 0 Å². The SMILES string of the molecule is CN(CCCC(=O)ONC(=O)Cc1cccc(CCCCc2ccccc2)c1)C(=O)[C@@H](N)CCCCN.Cl.Cl. The van der Waals surface area contributed by atoms with E-state index in [1.807, 2.05) is 24.3 Å². The molecule has 2 aromatic carbocycles. The molecule has 0 aliphatic heterocycles. The standard InChI is InChI=1S/C29H42N4O4.2ClH/c1-33(29(36)26(31)17-7-8-19-30)20-10-18-28(35)37-32-27(34)22-25-16-9-15-24(21-25)14-6-5-13-23-11-3-2-4-12-23;;/h2-4,9,11-12,15-16,21,26H,5-8,10,13-14,17-20,22,30-31H2,1H3,(H,32,34);2*1H/t26-;;/m0../s1. The van der Waals surface area contributed by atoms with Crippen LogP contribution in [0.4, 0.5) is 0 Å². The van der Waals surface area contributed by atoms with Crippen LogP contribution in [0, 0.1) is 0 Å². The second-order valence-corrected chi connectivity index (χ2v) is 9.44. The number of nitrogens with one attached hydrogen (secondary N) is 1. The molecule has 0 aromatic heterocycles. The number of aryl methyl sites for hydroxylation is 2. The van der Waals surface area contributed by atoms with Gasteiger partial charge in [0.15, 0.2) is 0 Å². The third kappa shape index (κ3) is 15.5. The number of carbonyl (C=O) groups is 3. The van der Waals surface area contributed by atoms with Gasteiger partial charge in [0.05, 0.1) is 12.5 Å². The first-order valence-corrected chi connectivity index (χ1v) is 13.2. The van der Waals surface area contributed by atoms with Crippen molar-refractivity contribution in [1.29, 1.82) is 0 Å². The number of benzene rings is 2. The van der Waals surface area contributed by atoms with Gasteiger partial charge in [0.25, 0.3) is 5.91 Å². The minimum atomic E-state index is -0.560. The predicted molar refractivity (Wildman–Crippen MR) is 160 cm³/mol. The van der Waals surface area contributed by atoms with Gasteiger partial charge in [0, 0.05) is 20.0 Å². The predicted octanol–water partition coefficient (Wildman–Crippen LogP) is 3.91. The highest BCUT2D eigenvalue weighted by molar-refractivity contribution is 5.85. The lowest BCUT2D eigenvalue weighted by molar-refractivity contribution is -0.158. The van der Waals surface area contributed by atoms with E-state index in [1.54, 1.807) is 7.05 Å². The number of nitrogens with zero attached hydrogens (tertiary/aromatic N) is 1. The van der Waals surface area contributed by atoms with Gasteiger partial charge in [-0.15, -0.1) is 24.8 Å². The molecule has 10 heteroatoms. The third-order valence-corrected chi connectivity index (χ3v) is 6.20. The summed E-state index contributed by atoms with van der Waals surface area (Å²) < 4.78 is 0. The fourth-order valence-electron chi connectivity index (χ4n) is 4.07. The molecule has 2 aromatic rings. The first-order valence-electron chi connectivity index (χ1n) is 13.2. The van der Waals surface area contributed by atoms with Crippen molar-refractivity contribution in [2.24, 2.45) is 11.5 Å². The maximum absolute atomic E-state index is 12.3. The molecule has 0 fully saturated rings. The topological polar surface area (TPSA) is 128 Å². The number of hydrogen-bond donors (Lipinski definition) is 3. The van der Waals surface area contributed by atoms with Crippen molar-refractivity contribution >= 4 is 42.6 Å². The van der Waals surface area contributed by atoms with E-state index in [0.717, 1.165) is 44.1 Å². The van der Waals surface area contributed by atoms with Crippen LogP contribution in [0.3, 0.4) is 0 Å². The van der Waals surface area contributed by atoms with Crippen molar-refractivity contribution < 1.29 is 19.2 Å². The highest BCUT2D eigenvalue weighted by Crippen LogP contribution is 2.12. The van der Waals surface area contributed by atoms with E-state index >= 15 is 0 Å². The summed E-state index contributed by atoms with van der Waals surface area (Å²) in [4.78, 5) is 42.9. The Labute approximate surface area is 245 Å². The largest absolute Gasteiger partial charge is 0.344 e. The Morgan fingerprint density at radius 2 is 1.51 bits per heavy atom. The number of amides is 2. The number of likely N-dealkylation sites (N-methyl/N-ethyl adjacent to an activating group) is 1. The van der Waals surface area contributed by atoms with Gasteiger partial charge in [-0.2, -0.15) is 5.48 Å². The Balaban J connectivity index is 0.00000722. The van der Waals surface area contributed by atoms with Crippen molar-refractivity contribution in [2.75, 3.05) is 20.1 Å². The summed E-state index contributed by atoms with van der Waals surface area (Å²) in [6.45, 7) is 0.960. The number of nitrogens with two attached hydrogens (primary N) is 2. The van der Waals surface area contributed by atoms with Crippen LogP contribution in [-0.2, 0) is 38.5 Å². The smallest absolute Gasteiger partial charge is 0.332 e. The molecule has 0 radical (unpaired) electrons. The van der Waals surface area contributed by atoms with Crippen molar-refractivity contribution in [1.82, 2.24) is 10.4 Å². The number of unbranched alkanes of at least 4 members (excludes halogenated alkanes) is 2. The molecule has 0 heterocycles. The van der Waals surface area contributed by atoms with Crippen LogP contribution in [-0.4, -0.2) is 48.9 Å². The monoisotopic (exact) mass is 582 g/mol. The van der Waals surface area contributed by atoms with E-state index in [0.29, 0.717) is 25.9 Å². The summed E-state index contributed by atoms with van der Waals surface area (Å²) in [6.07, 6.45) is 7.05. The molecule has 2 rings (SSSR count). The van der Waals surface area contributed by atoms with Gasteiger partial charge < -0.3 is 21.2 Å². The zero-order valence-corrected chi connectivity index (χ0v) is 24.4. The second-order valence-electron chi connectivity index (χ2n) is 9.44. The molecule has 0 spiro atoms. The average molecular weight is 584 g/mol. The van der Waals surface area contributed by atoms with E-state index in [-0.39, 0.29) is 49.5 Å². The quantitative estimate of drug-likeness (QED) is 0.203. The molecule has 0 saturated carbocycles. The highest BCUT2D eigenvalue weighted by atomic mass is 35.5. The molecule has 0 bridgehead atoms. The molecule has 2 amide bonds. The van der Waals surface area contributed by atoms with Crippen LogP contribution in [0.15, 0.2) is 54.6 Å². The van der Waals surface area contributed by atoms with Crippen LogP contribution in [0.5, 0.6) is 0 Å². The average Bonchev–Trinajstić information content (AvgIpc) is 2.90. The van der Waals surface area contributed by atoms with E-state index in [9.17, 15) is 14.4 Å². The highest BCUT2D eigenvalue weighted by Gasteiger charge is 2.18. The van der Waals surface area contributed by atoms with E-state index < -0.39 is 12.0 Å². The molecule has 39 heavy (non-hydrogen) atoms. The van der Waals surface area contributed by atoms with Crippen LogP contribution in [0.1, 0.15) is 61.6 Å². The van der Waals surface area contributed by atoms with Gasteiger partial charge in [0.2, 0.25) is 5.91 Å². The first kappa shape index (κ1) is 36.4. The maximum atomic E-state index is 12.3. The summed E-state index contributed by atoms with van der Waals surface area (Å²) in [5.74, 6) is -1.09. The normalized spacial score (nSPS) is 10.9. The number of rotatable bonds is 16. The van der Waals surface area contributed by atoms with E-state index in [1.165, 1.54) is 16.0 Å². The summed E-state index contributed by atoms with van der Waals surface area (Å²) in [7, 11) is 1.66. The Morgan fingerprint density at radius 1 is 0.872 bits per heavy atom.